The molecule has 4 heteroatoms. The third kappa shape index (κ3) is 1.14. The van der Waals surface area contributed by atoms with Crippen LogP contribution in [-0.4, -0.2) is 14.8 Å². The van der Waals surface area contributed by atoms with E-state index in [4.69, 9.17) is 0 Å². The van der Waals surface area contributed by atoms with Gasteiger partial charge in [0.1, 0.15) is 0 Å². The van der Waals surface area contributed by atoms with Crippen LogP contribution in [0.5, 0.6) is 0 Å². The zero-order valence-electron chi connectivity index (χ0n) is 6.27. The molecule has 2 rings (SSSR count). The summed E-state index contributed by atoms with van der Waals surface area (Å²) in [5.74, 6) is 0. The second-order valence-corrected chi connectivity index (χ2v) is 2.38. The van der Waals surface area contributed by atoms with Gasteiger partial charge in [0.2, 0.25) is 0 Å². The highest BCUT2D eigenvalue weighted by atomic mass is 16.1. The second-order valence-electron chi connectivity index (χ2n) is 2.38. The SMILES string of the molecule is O=c1ccn(-c2cc[nH]c2)nc1. The standard InChI is InChI=1S/C8H7N3O/c12-8-2-4-11(10-6-8)7-1-3-9-5-7/h1-6,9H. The highest BCUT2D eigenvalue weighted by Gasteiger charge is 1.93. The Hall–Kier alpha value is -1.84. The molecule has 0 aliphatic carbocycles. The minimum atomic E-state index is -0.0817. The number of aromatic amines is 1. The van der Waals surface area contributed by atoms with E-state index in [0.29, 0.717) is 0 Å². The van der Waals surface area contributed by atoms with Gasteiger partial charge in [-0.15, -0.1) is 0 Å². The van der Waals surface area contributed by atoms with Gasteiger partial charge in [-0.05, 0) is 6.07 Å². The maximum absolute atomic E-state index is 10.7. The molecule has 0 aliphatic heterocycles. The summed E-state index contributed by atoms with van der Waals surface area (Å²) >= 11 is 0. The molecule has 0 radical (unpaired) electrons. The Balaban J connectivity index is 2.49. The minimum absolute atomic E-state index is 0.0817. The van der Waals surface area contributed by atoms with Crippen LogP contribution < -0.4 is 5.43 Å². The third-order valence-electron chi connectivity index (χ3n) is 1.54. The van der Waals surface area contributed by atoms with Crippen molar-refractivity contribution in [2.45, 2.75) is 0 Å². The van der Waals surface area contributed by atoms with Crippen LogP contribution in [0.1, 0.15) is 0 Å². The van der Waals surface area contributed by atoms with Crippen molar-refractivity contribution in [2.24, 2.45) is 0 Å². The minimum Gasteiger partial charge on any atom is -0.366 e. The van der Waals surface area contributed by atoms with E-state index in [1.54, 1.807) is 23.3 Å². The molecule has 12 heavy (non-hydrogen) atoms. The topological polar surface area (TPSA) is 50.7 Å². The van der Waals surface area contributed by atoms with E-state index in [1.165, 1.54) is 12.3 Å². The summed E-state index contributed by atoms with van der Waals surface area (Å²) in [7, 11) is 0. The summed E-state index contributed by atoms with van der Waals surface area (Å²) in [5, 5.41) is 3.90. The molecular weight excluding hydrogens is 154 g/mol. The van der Waals surface area contributed by atoms with E-state index < -0.39 is 0 Å². The summed E-state index contributed by atoms with van der Waals surface area (Å²) in [6.45, 7) is 0. The van der Waals surface area contributed by atoms with Crippen LogP contribution in [0.15, 0.2) is 41.7 Å². The molecule has 2 aromatic rings. The fourth-order valence-corrected chi connectivity index (χ4v) is 0.955. The first-order chi connectivity index (χ1) is 5.86. The first-order valence-electron chi connectivity index (χ1n) is 3.54. The summed E-state index contributed by atoms with van der Waals surface area (Å²) < 4.78 is 1.62. The van der Waals surface area contributed by atoms with Gasteiger partial charge in [0.25, 0.3) is 0 Å². The fraction of sp³-hybridized carbons (Fsp3) is 0. The molecule has 0 unspecified atom stereocenters. The van der Waals surface area contributed by atoms with Crippen LogP contribution in [0.3, 0.4) is 0 Å². The molecule has 4 nitrogen and oxygen atoms in total. The maximum atomic E-state index is 10.7. The zero-order valence-corrected chi connectivity index (χ0v) is 6.27. The molecule has 2 heterocycles. The van der Waals surface area contributed by atoms with Crippen LogP contribution in [0.2, 0.25) is 0 Å². The highest BCUT2D eigenvalue weighted by molar-refractivity contribution is 5.25. The molecule has 0 fully saturated rings. The van der Waals surface area contributed by atoms with E-state index >= 15 is 0 Å². The molecule has 0 saturated carbocycles. The number of hydrogen-bond acceptors (Lipinski definition) is 2. The lowest BCUT2D eigenvalue weighted by molar-refractivity contribution is 0.837. The van der Waals surface area contributed by atoms with Crippen LogP contribution in [-0.2, 0) is 0 Å². The molecule has 0 saturated heterocycles. The predicted octanol–water partition coefficient (Wildman–Crippen LogP) is 0.561. The van der Waals surface area contributed by atoms with Gasteiger partial charge in [-0.1, -0.05) is 0 Å². The summed E-state index contributed by atoms with van der Waals surface area (Å²) in [4.78, 5) is 13.6. The normalized spacial score (nSPS) is 10.0. The summed E-state index contributed by atoms with van der Waals surface area (Å²) in [6, 6.07) is 3.34. The predicted molar refractivity (Wildman–Crippen MR) is 44.2 cm³/mol. The van der Waals surface area contributed by atoms with Crippen LogP contribution >= 0.6 is 0 Å². The van der Waals surface area contributed by atoms with Gasteiger partial charge in [-0.25, -0.2) is 4.68 Å². The van der Waals surface area contributed by atoms with Crippen molar-refractivity contribution in [3.05, 3.63) is 47.1 Å². The van der Waals surface area contributed by atoms with Gasteiger partial charge in [0.05, 0.1) is 11.9 Å². The lowest BCUT2D eigenvalue weighted by Gasteiger charge is -1.97. The monoisotopic (exact) mass is 161 g/mol. The van der Waals surface area contributed by atoms with Gasteiger partial charge in [-0.3, -0.25) is 4.79 Å². The Morgan fingerprint density at radius 1 is 1.42 bits per heavy atom. The van der Waals surface area contributed by atoms with Crippen molar-refractivity contribution in [1.29, 1.82) is 0 Å². The summed E-state index contributed by atoms with van der Waals surface area (Å²) in [5.41, 5.74) is 0.830. The number of nitrogens with one attached hydrogen (secondary N) is 1. The number of aromatic nitrogens is 3. The van der Waals surface area contributed by atoms with Crippen molar-refractivity contribution in [2.75, 3.05) is 0 Å². The Bertz CT molecular complexity index is 396. The molecule has 60 valence electrons. The van der Waals surface area contributed by atoms with Crippen LogP contribution in [0, 0.1) is 0 Å². The van der Waals surface area contributed by atoms with E-state index in [2.05, 4.69) is 10.1 Å². The number of H-pyrrole nitrogens is 1. The lowest BCUT2D eigenvalue weighted by Crippen LogP contribution is -2.05. The highest BCUT2D eigenvalue weighted by Crippen LogP contribution is 2.00. The fourth-order valence-electron chi connectivity index (χ4n) is 0.955. The van der Waals surface area contributed by atoms with Gasteiger partial charge in [0, 0.05) is 24.7 Å². The van der Waals surface area contributed by atoms with Gasteiger partial charge in [-0.2, -0.15) is 5.10 Å². The average Bonchev–Trinajstić information content (AvgIpc) is 2.58. The van der Waals surface area contributed by atoms with Crippen molar-refractivity contribution in [3.63, 3.8) is 0 Å². The van der Waals surface area contributed by atoms with Gasteiger partial charge >= 0.3 is 0 Å². The van der Waals surface area contributed by atoms with Crippen molar-refractivity contribution < 1.29 is 0 Å². The molecule has 0 bridgehead atoms. The quantitative estimate of drug-likeness (QED) is 0.664. The van der Waals surface area contributed by atoms with Gasteiger partial charge in [0.15, 0.2) is 5.43 Å². The van der Waals surface area contributed by atoms with Gasteiger partial charge < -0.3 is 4.98 Å². The molecule has 0 spiro atoms. The third-order valence-corrected chi connectivity index (χ3v) is 1.54. The average molecular weight is 161 g/mol. The lowest BCUT2D eigenvalue weighted by atomic mass is 10.5. The Kier molecular flexibility index (Phi) is 1.51. The van der Waals surface area contributed by atoms with E-state index in [1.807, 2.05) is 6.07 Å². The Morgan fingerprint density at radius 3 is 2.92 bits per heavy atom. The number of nitrogens with zero attached hydrogens (tertiary/aromatic N) is 2. The van der Waals surface area contributed by atoms with Crippen molar-refractivity contribution in [3.8, 4) is 5.69 Å². The summed E-state index contributed by atoms with van der Waals surface area (Å²) in [6.07, 6.45) is 6.52. The largest absolute Gasteiger partial charge is 0.366 e. The van der Waals surface area contributed by atoms with E-state index in [0.717, 1.165) is 5.69 Å². The molecule has 0 amide bonds. The van der Waals surface area contributed by atoms with E-state index in [-0.39, 0.29) is 5.43 Å². The smallest absolute Gasteiger partial charge is 0.200 e. The van der Waals surface area contributed by atoms with Crippen LogP contribution in [0.25, 0.3) is 5.69 Å². The number of rotatable bonds is 1. The molecular formula is C8H7N3O. The molecule has 2 aromatic heterocycles. The van der Waals surface area contributed by atoms with E-state index in [9.17, 15) is 4.79 Å². The molecule has 1 N–H and O–H groups in total. The maximum Gasteiger partial charge on any atom is 0.200 e. The van der Waals surface area contributed by atoms with Crippen molar-refractivity contribution >= 4 is 0 Å². The second kappa shape index (κ2) is 2.65. The first-order valence-corrected chi connectivity index (χ1v) is 3.54. The molecule has 0 atom stereocenters. The Labute approximate surface area is 68.5 Å². The number of hydrogen-bond donors (Lipinski definition) is 1. The van der Waals surface area contributed by atoms with Crippen molar-refractivity contribution in [1.82, 2.24) is 14.8 Å². The van der Waals surface area contributed by atoms with Crippen LogP contribution in [0.4, 0.5) is 0 Å². The molecule has 0 aromatic carbocycles. The zero-order chi connectivity index (χ0) is 8.39. The molecule has 0 aliphatic rings. The first kappa shape index (κ1) is 6.84. The Morgan fingerprint density at radius 2 is 2.33 bits per heavy atom.